The first-order valence-corrected chi connectivity index (χ1v) is 7.54. The van der Waals surface area contributed by atoms with Crippen LogP contribution in [0.5, 0.6) is 0 Å². The number of furan rings is 1. The molecule has 1 aromatic rings. The van der Waals surface area contributed by atoms with Gasteiger partial charge in [0.05, 0.1) is 6.26 Å². The van der Waals surface area contributed by atoms with Crippen LogP contribution in [0.1, 0.15) is 36.7 Å². The largest absolute Gasteiger partial charge is 0.459 e. The molecule has 1 aromatic heterocycles. The second kappa shape index (κ2) is 5.47. The first kappa shape index (κ1) is 14.6. The van der Waals surface area contributed by atoms with Crippen molar-refractivity contribution in [3.8, 4) is 0 Å². The number of carbonyl (C=O) groups excluding carboxylic acids is 3. The van der Waals surface area contributed by atoms with E-state index < -0.39 is 5.54 Å². The summed E-state index contributed by atoms with van der Waals surface area (Å²) in [6, 6.07) is 2.97. The molecule has 22 heavy (non-hydrogen) atoms. The molecule has 118 valence electrons. The molecule has 4 amide bonds. The van der Waals surface area contributed by atoms with Crippen LogP contribution in [0, 0.1) is 0 Å². The Labute approximate surface area is 128 Å². The van der Waals surface area contributed by atoms with Crippen molar-refractivity contribution < 1.29 is 18.8 Å². The Balaban J connectivity index is 1.68. The number of hydrogen-bond acceptors (Lipinski definition) is 4. The van der Waals surface area contributed by atoms with Crippen LogP contribution in [0.2, 0.25) is 0 Å². The van der Waals surface area contributed by atoms with E-state index in [4.69, 9.17) is 4.42 Å². The van der Waals surface area contributed by atoms with Crippen LogP contribution in [-0.4, -0.2) is 52.8 Å². The van der Waals surface area contributed by atoms with E-state index in [1.54, 1.807) is 17.0 Å². The molecular weight excluding hydrogens is 286 g/mol. The Morgan fingerprint density at radius 3 is 2.68 bits per heavy atom. The lowest BCUT2D eigenvalue weighted by Gasteiger charge is -2.36. The second-order valence-electron chi connectivity index (χ2n) is 5.74. The summed E-state index contributed by atoms with van der Waals surface area (Å²) in [4.78, 5) is 39.6. The quantitative estimate of drug-likeness (QED) is 0.851. The van der Waals surface area contributed by atoms with Gasteiger partial charge in [0.25, 0.3) is 11.8 Å². The van der Waals surface area contributed by atoms with E-state index in [0.717, 1.165) is 6.42 Å². The van der Waals surface area contributed by atoms with Crippen LogP contribution in [0.3, 0.4) is 0 Å². The maximum absolute atomic E-state index is 12.5. The van der Waals surface area contributed by atoms with E-state index >= 15 is 0 Å². The van der Waals surface area contributed by atoms with Gasteiger partial charge in [-0.1, -0.05) is 6.92 Å². The number of carbonyl (C=O) groups is 3. The summed E-state index contributed by atoms with van der Waals surface area (Å²) < 4.78 is 5.12. The average Bonchev–Trinajstić information content (AvgIpc) is 3.12. The molecule has 0 aliphatic carbocycles. The summed E-state index contributed by atoms with van der Waals surface area (Å²) in [5, 5.41) is 2.82. The predicted molar refractivity (Wildman–Crippen MR) is 77.1 cm³/mol. The van der Waals surface area contributed by atoms with E-state index in [2.05, 4.69) is 5.32 Å². The fourth-order valence-corrected chi connectivity index (χ4v) is 3.09. The van der Waals surface area contributed by atoms with Crippen molar-refractivity contribution in [2.75, 3.05) is 19.6 Å². The first-order chi connectivity index (χ1) is 10.6. The molecule has 1 spiro atoms. The molecule has 0 bridgehead atoms. The zero-order chi connectivity index (χ0) is 15.7. The number of nitrogens with zero attached hydrogens (tertiary/aromatic N) is 2. The van der Waals surface area contributed by atoms with Gasteiger partial charge in [-0.25, -0.2) is 4.79 Å². The van der Waals surface area contributed by atoms with E-state index in [1.807, 2.05) is 6.92 Å². The number of amides is 4. The summed E-state index contributed by atoms with van der Waals surface area (Å²) in [5.41, 5.74) is -0.841. The number of hydrogen-bond donors (Lipinski definition) is 1. The summed E-state index contributed by atoms with van der Waals surface area (Å²) in [7, 11) is 0. The molecule has 7 nitrogen and oxygen atoms in total. The molecule has 0 atom stereocenters. The zero-order valence-corrected chi connectivity index (χ0v) is 12.5. The fraction of sp³-hybridized carbons (Fsp3) is 0.533. The Kier molecular flexibility index (Phi) is 3.64. The van der Waals surface area contributed by atoms with Crippen molar-refractivity contribution in [3.63, 3.8) is 0 Å². The van der Waals surface area contributed by atoms with Crippen LogP contribution in [-0.2, 0) is 4.79 Å². The van der Waals surface area contributed by atoms with Crippen LogP contribution in [0.4, 0.5) is 4.79 Å². The Bertz CT molecular complexity index is 588. The average molecular weight is 305 g/mol. The van der Waals surface area contributed by atoms with E-state index in [1.165, 1.54) is 11.2 Å². The number of nitrogens with one attached hydrogen (secondary N) is 1. The Morgan fingerprint density at radius 2 is 2.09 bits per heavy atom. The first-order valence-electron chi connectivity index (χ1n) is 7.54. The van der Waals surface area contributed by atoms with Gasteiger partial charge in [-0.3, -0.25) is 14.5 Å². The lowest BCUT2D eigenvalue weighted by Crippen LogP contribution is -2.55. The van der Waals surface area contributed by atoms with Crippen molar-refractivity contribution in [2.24, 2.45) is 0 Å². The molecule has 0 unspecified atom stereocenters. The molecular formula is C15H19N3O4. The number of imide groups is 1. The standard InChI is InChI=1S/C15H19N3O4/c1-2-7-18-13(20)15(16-14(18)21)5-8-17(9-6-15)12(19)11-4-3-10-22-11/h3-4,10H,2,5-9H2,1H3,(H,16,21). The monoisotopic (exact) mass is 305 g/mol. The molecule has 2 aliphatic rings. The minimum atomic E-state index is -0.841. The van der Waals surface area contributed by atoms with E-state index in [9.17, 15) is 14.4 Å². The van der Waals surface area contributed by atoms with Crippen LogP contribution in [0.25, 0.3) is 0 Å². The normalized spacial score (nSPS) is 20.6. The molecule has 2 aliphatic heterocycles. The lowest BCUT2D eigenvalue weighted by molar-refractivity contribution is -0.132. The van der Waals surface area contributed by atoms with Crippen molar-refractivity contribution >= 4 is 17.8 Å². The summed E-state index contributed by atoms with van der Waals surface area (Å²) in [6.45, 7) is 3.20. The van der Waals surface area contributed by atoms with Crippen molar-refractivity contribution in [1.29, 1.82) is 0 Å². The molecule has 0 aromatic carbocycles. The van der Waals surface area contributed by atoms with Crippen LogP contribution in [0.15, 0.2) is 22.8 Å². The van der Waals surface area contributed by atoms with Crippen LogP contribution >= 0.6 is 0 Å². The topological polar surface area (TPSA) is 82.9 Å². The molecule has 0 saturated carbocycles. The van der Waals surface area contributed by atoms with Crippen molar-refractivity contribution in [3.05, 3.63) is 24.2 Å². The number of likely N-dealkylation sites (tertiary alicyclic amines) is 1. The van der Waals surface area contributed by atoms with Gasteiger partial charge >= 0.3 is 6.03 Å². The number of urea groups is 1. The highest BCUT2D eigenvalue weighted by atomic mass is 16.3. The van der Waals surface area contributed by atoms with Crippen LogP contribution < -0.4 is 5.32 Å². The van der Waals surface area contributed by atoms with Gasteiger partial charge < -0.3 is 14.6 Å². The third-order valence-electron chi connectivity index (χ3n) is 4.33. The van der Waals surface area contributed by atoms with Gasteiger partial charge in [-0.05, 0) is 31.4 Å². The Hall–Kier alpha value is -2.31. The summed E-state index contributed by atoms with van der Waals surface area (Å²) >= 11 is 0. The number of piperidine rings is 1. The fourth-order valence-electron chi connectivity index (χ4n) is 3.09. The summed E-state index contributed by atoms with van der Waals surface area (Å²) in [6.07, 6.45) is 3.06. The molecule has 0 radical (unpaired) electrons. The Morgan fingerprint density at radius 1 is 1.36 bits per heavy atom. The smallest absolute Gasteiger partial charge is 0.325 e. The van der Waals surface area contributed by atoms with Gasteiger partial charge in [0.1, 0.15) is 5.54 Å². The van der Waals surface area contributed by atoms with Gasteiger partial charge in [0.2, 0.25) is 0 Å². The third kappa shape index (κ3) is 2.26. The summed E-state index contributed by atoms with van der Waals surface area (Å²) in [5.74, 6) is -0.0446. The highest BCUT2D eigenvalue weighted by Crippen LogP contribution is 2.30. The lowest BCUT2D eigenvalue weighted by atomic mass is 9.87. The zero-order valence-electron chi connectivity index (χ0n) is 12.5. The van der Waals surface area contributed by atoms with E-state index in [-0.39, 0.29) is 17.8 Å². The molecule has 7 heteroatoms. The second-order valence-corrected chi connectivity index (χ2v) is 5.74. The molecule has 2 fully saturated rings. The van der Waals surface area contributed by atoms with Crippen molar-refractivity contribution in [1.82, 2.24) is 15.1 Å². The maximum atomic E-state index is 12.5. The molecule has 3 heterocycles. The van der Waals surface area contributed by atoms with Gasteiger partial charge in [-0.2, -0.15) is 0 Å². The highest BCUT2D eigenvalue weighted by Gasteiger charge is 2.52. The molecule has 1 N–H and O–H groups in total. The van der Waals surface area contributed by atoms with E-state index in [0.29, 0.717) is 38.2 Å². The minimum absolute atomic E-state index is 0.163. The van der Waals surface area contributed by atoms with Crippen molar-refractivity contribution in [2.45, 2.75) is 31.7 Å². The maximum Gasteiger partial charge on any atom is 0.325 e. The predicted octanol–water partition coefficient (Wildman–Crippen LogP) is 1.22. The molecule has 2 saturated heterocycles. The van der Waals surface area contributed by atoms with Gasteiger partial charge in [0, 0.05) is 19.6 Å². The number of rotatable bonds is 3. The SMILES string of the molecule is CCCN1C(=O)NC2(CCN(C(=O)c3ccco3)CC2)C1=O. The third-order valence-corrected chi connectivity index (χ3v) is 4.33. The van der Waals surface area contributed by atoms with Gasteiger partial charge in [-0.15, -0.1) is 0 Å². The highest BCUT2D eigenvalue weighted by molar-refractivity contribution is 6.07. The molecule has 3 rings (SSSR count). The van der Waals surface area contributed by atoms with Gasteiger partial charge in [0.15, 0.2) is 5.76 Å². The minimum Gasteiger partial charge on any atom is -0.459 e.